The van der Waals surface area contributed by atoms with Crippen LogP contribution in [-0.4, -0.2) is 39.4 Å². The Balaban J connectivity index is 1.46. The molecule has 7 heteroatoms. The van der Waals surface area contributed by atoms with E-state index in [1.807, 2.05) is 24.3 Å². The number of aromatic amines is 1. The SMILES string of the molecule is O=C(Nc1ccc2n[nH]nc2c1)c1ccc(N2CCCCCC2)nc1. The number of amides is 1. The van der Waals surface area contributed by atoms with E-state index >= 15 is 0 Å². The van der Waals surface area contributed by atoms with E-state index in [1.165, 1.54) is 25.7 Å². The minimum absolute atomic E-state index is 0.183. The van der Waals surface area contributed by atoms with Crippen LogP contribution in [0.25, 0.3) is 11.0 Å². The van der Waals surface area contributed by atoms with Crippen molar-refractivity contribution in [1.82, 2.24) is 20.4 Å². The predicted molar refractivity (Wildman–Crippen MR) is 96.8 cm³/mol. The molecule has 0 bridgehead atoms. The number of hydrogen-bond acceptors (Lipinski definition) is 5. The van der Waals surface area contributed by atoms with Gasteiger partial charge in [-0.05, 0) is 43.2 Å². The Morgan fingerprint density at radius 3 is 2.56 bits per heavy atom. The number of fused-ring (bicyclic) bond motifs is 1. The van der Waals surface area contributed by atoms with Crippen molar-refractivity contribution in [1.29, 1.82) is 0 Å². The maximum absolute atomic E-state index is 12.4. The van der Waals surface area contributed by atoms with Gasteiger partial charge in [-0.1, -0.05) is 12.8 Å². The fourth-order valence-electron chi connectivity index (χ4n) is 3.13. The van der Waals surface area contributed by atoms with Crippen LogP contribution in [0.1, 0.15) is 36.0 Å². The van der Waals surface area contributed by atoms with Crippen molar-refractivity contribution in [2.24, 2.45) is 0 Å². The van der Waals surface area contributed by atoms with Crippen LogP contribution in [0.3, 0.4) is 0 Å². The molecular weight excluding hydrogens is 316 g/mol. The smallest absolute Gasteiger partial charge is 0.257 e. The van der Waals surface area contributed by atoms with Crippen molar-refractivity contribution in [2.75, 3.05) is 23.3 Å². The Kier molecular flexibility index (Phi) is 4.28. The Morgan fingerprint density at radius 1 is 1.00 bits per heavy atom. The third-order valence-corrected chi connectivity index (χ3v) is 4.51. The molecule has 1 aliphatic heterocycles. The lowest BCUT2D eigenvalue weighted by Crippen LogP contribution is -2.25. The number of anilines is 2. The summed E-state index contributed by atoms with van der Waals surface area (Å²) in [5, 5.41) is 13.5. The standard InChI is InChI=1S/C18H20N6O/c25-18(20-14-6-7-15-16(11-14)22-23-21-15)13-5-8-17(19-12-13)24-9-3-1-2-4-10-24/h5-8,11-12H,1-4,9-10H2,(H,20,25)(H,21,22,23). The quantitative estimate of drug-likeness (QED) is 0.768. The fourth-order valence-corrected chi connectivity index (χ4v) is 3.13. The maximum Gasteiger partial charge on any atom is 0.257 e. The number of nitrogens with one attached hydrogen (secondary N) is 2. The van der Waals surface area contributed by atoms with Crippen molar-refractivity contribution in [2.45, 2.75) is 25.7 Å². The maximum atomic E-state index is 12.4. The van der Waals surface area contributed by atoms with Crippen molar-refractivity contribution < 1.29 is 4.79 Å². The van der Waals surface area contributed by atoms with Gasteiger partial charge in [0.2, 0.25) is 0 Å². The molecule has 3 heterocycles. The van der Waals surface area contributed by atoms with Crippen LogP contribution in [0, 0.1) is 0 Å². The zero-order chi connectivity index (χ0) is 17.1. The second kappa shape index (κ2) is 6.88. The van der Waals surface area contributed by atoms with Gasteiger partial charge < -0.3 is 10.2 Å². The first kappa shape index (κ1) is 15.6. The fraction of sp³-hybridized carbons (Fsp3) is 0.333. The molecule has 0 radical (unpaired) electrons. The number of rotatable bonds is 3. The van der Waals surface area contributed by atoms with Gasteiger partial charge in [-0.3, -0.25) is 4.79 Å². The minimum atomic E-state index is -0.183. The lowest BCUT2D eigenvalue weighted by atomic mass is 10.2. The summed E-state index contributed by atoms with van der Waals surface area (Å²) in [4.78, 5) is 19.2. The number of benzene rings is 1. The Bertz CT molecular complexity index is 865. The Morgan fingerprint density at radius 2 is 1.80 bits per heavy atom. The molecule has 2 aromatic heterocycles. The van der Waals surface area contributed by atoms with E-state index in [0.29, 0.717) is 16.8 Å². The summed E-state index contributed by atoms with van der Waals surface area (Å²) in [6.45, 7) is 2.08. The predicted octanol–water partition coefficient (Wildman–Crippen LogP) is 2.99. The molecule has 2 N–H and O–H groups in total. The van der Waals surface area contributed by atoms with Crippen LogP contribution in [0.5, 0.6) is 0 Å². The van der Waals surface area contributed by atoms with Crippen LogP contribution >= 0.6 is 0 Å². The molecule has 1 fully saturated rings. The number of hydrogen-bond donors (Lipinski definition) is 2. The monoisotopic (exact) mass is 336 g/mol. The second-order valence-electron chi connectivity index (χ2n) is 6.29. The van der Waals surface area contributed by atoms with E-state index in [4.69, 9.17) is 0 Å². The number of aromatic nitrogens is 4. The molecular formula is C18H20N6O. The zero-order valence-corrected chi connectivity index (χ0v) is 13.9. The lowest BCUT2D eigenvalue weighted by Gasteiger charge is -2.21. The van der Waals surface area contributed by atoms with Crippen LogP contribution < -0.4 is 10.2 Å². The molecule has 1 aliphatic rings. The minimum Gasteiger partial charge on any atom is -0.357 e. The summed E-state index contributed by atoms with van der Waals surface area (Å²) in [6.07, 6.45) is 6.62. The van der Waals surface area contributed by atoms with E-state index in [2.05, 4.69) is 30.6 Å². The van der Waals surface area contributed by atoms with Crippen LogP contribution in [0.15, 0.2) is 36.5 Å². The van der Waals surface area contributed by atoms with E-state index < -0.39 is 0 Å². The van der Waals surface area contributed by atoms with Gasteiger partial charge in [-0.15, -0.1) is 0 Å². The molecule has 1 aromatic carbocycles. The normalized spacial score (nSPS) is 15.1. The zero-order valence-electron chi connectivity index (χ0n) is 13.9. The van der Waals surface area contributed by atoms with Crippen LogP contribution in [0.2, 0.25) is 0 Å². The van der Waals surface area contributed by atoms with E-state index in [9.17, 15) is 4.79 Å². The summed E-state index contributed by atoms with van der Waals surface area (Å²) in [5.74, 6) is 0.764. The topological polar surface area (TPSA) is 86.8 Å². The average Bonchev–Trinajstić information content (AvgIpc) is 2.94. The first-order valence-electron chi connectivity index (χ1n) is 8.62. The molecule has 128 valence electrons. The van der Waals surface area contributed by atoms with Gasteiger partial charge in [-0.25, -0.2) is 4.98 Å². The highest BCUT2D eigenvalue weighted by Gasteiger charge is 2.13. The second-order valence-corrected chi connectivity index (χ2v) is 6.29. The van der Waals surface area contributed by atoms with Gasteiger partial charge in [0, 0.05) is 25.0 Å². The number of nitrogens with zero attached hydrogens (tertiary/aromatic N) is 4. The third kappa shape index (κ3) is 3.45. The molecule has 0 spiro atoms. The summed E-state index contributed by atoms with van der Waals surface area (Å²) < 4.78 is 0. The van der Waals surface area contributed by atoms with Crippen molar-refractivity contribution in [3.8, 4) is 0 Å². The van der Waals surface area contributed by atoms with Gasteiger partial charge in [0.15, 0.2) is 0 Å². The summed E-state index contributed by atoms with van der Waals surface area (Å²) in [6, 6.07) is 9.17. The molecule has 25 heavy (non-hydrogen) atoms. The molecule has 0 aliphatic carbocycles. The summed E-state index contributed by atoms with van der Waals surface area (Å²) in [7, 11) is 0. The average molecular weight is 336 g/mol. The van der Waals surface area contributed by atoms with Crippen LogP contribution in [0.4, 0.5) is 11.5 Å². The first-order chi connectivity index (χ1) is 12.3. The van der Waals surface area contributed by atoms with Gasteiger partial charge in [-0.2, -0.15) is 15.4 Å². The number of pyridine rings is 1. The highest BCUT2D eigenvalue weighted by molar-refractivity contribution is 6.04. The van der Waals surface area contributed by atoms with E-state index in [-0.39, 0.29) is 5.91 Å². The van der Waals surface area contributed by atoms with Crippen molar-refractivity contribution in [3.05, 3.63) is 42.1 Å². The molecule has 1 saturated heterocycles. The Labute approximate surface area is 145 Å². The number of carbonyl (C=O) groups is 1. The summed E-state index contributed by atoms with van der Waals surface area (Å²) >= 11 is 0. The van der Waals surface area contributed by atoms with Gasteiger partial charge in [0.05, 0.1) is 5.56 Å². The molecule has 1 amide bonds. The molecule has 7 nitrogen and oxygen atoms in total. The highest BCUT2D eigenvalue weighted by Crippen LogP contribution is 2.19. The van der Waals surface area contributed by atoms with Gasteiger partial charge in [0.25, 0.3) is 5.91 Å². The summed E-state index contributed by atoms with van der Waals surface area (Å²) in [5.41, 5.74) is 2.70. The van der Waals surface area contributed by atoms with E-state index in [1.54, 1.807) is 12.3 Å². The van der Waals surface area contributed by atoms with Crippen molar-refractivity contribution >= 4 is 28.4 Å². The molecule has 3 aromatic rings. The Hall–Kier alpha value is -2.96. The van der Waals surface area contributed by atoms with Crippen molar-refractivity contribution in [3.63, 3.8) is 0 Å². The van der Waals surface area contributed by atoms with Gasteiger partial charge in [0.1, 0.15) is 16.9 Å². The molecule has 0 atom stereocenters. The highest BCUT2D eigenvalue weighted by atomic mass is 16.1. The molecule has 0 unspecified atom stereocenters. The molecule has 0 saturated carbocycles. The van der Waals surface area contributed by atoms with Gasteiger partial charge >= 0.3 is 0 Å². The lowest BCUT2D eigenvalue weighted by molar-refractivity contribution is 0.102. The van der Waals surface area contributed by atoms with E-state index in [0.717, 1.165) is 24.4 Å². The number of carbonyl (C=O) groups excluding carboxylic acids is 1. The first-order valence-corrected chi connectivity index (χ1v) is 8.62. The third-order valence-electron chi connectivity index (χ3n) is 4.51. The molecule has 4 rings (SSSR count). The number of H-pyrrole nitrogens is 1. The largest absolute Gasteiger partial charge is 0.357 e. The van der Waals surface area contributed by atoms with Crippen LogP contribution in [-0.2, 0) is 0 Å².